The van der Waals surface area contributed by atoms with Crippen molar-refractivity contribution in [2.75, 3.05) is 12.4 Å². The van der Waals surface area contributed by atoms with Gasteiger partial charge in [0.05, 0.1) is 12.8 Å². The van der Waals surface area contributed by atoms with Gasteiger partial charge in [0.2, 0.25) is 0 Å². The van der Waals surface area contributed by atoms with E-state index in [-0.39, 0.29) is 11.7 Å². The van der Waals surface area contributed by atoms with E-state index in [9.17, 15) is 9.18 Å². The first-order valence-corrected chi connectivity index (χ1v) is 9.06. The molecule has 0 unspecified atom stereocenters. The Morgan fingerprint density at radius 3 is 2.48 bits per heavy atom. The van der Waals surface area contributed by atoms with Crippen LogP contribution >= 0.6 is 11.3 Å². The van der Waals surface area contributed by atoms with E-state index in [1.165, 1.54) is 35.6 Å². The maximum atomic E-state index is 13.0. The maximum Gasteiger partial charge on any atom is 0.267 e. The zero-order valence-corrected chi connectivity index (χ0v) is 15.5. The molecule has 0 atom stereocenters. The quantitative estimate of drug-likeness (QED) is 0.554. The van der Waals surface area contributed by atoms with E-state index in [0.29, 0.717) is 10.6 Å². The van der Waals surface area contributed by atoms with Crippen LogP contribution in [0.1, 0.15) is 15.4 Å². The number of methoxy groups -OCH3 is 1. The highest BCUT2D eigenvalue weighted by Gasteiger charge is 2.18. The first-order chi connectivity index (χ1) is 13.0. The van der Waals surface area contributed by atoms with Gasteiger partial charge in [-0.3, -0.25) is 9.20 Å². The lowest BCUT2D eigenvalue weighted by molar-refractivity contribution is 0.102. The monoisotopic (exact) mass is 381 g/mol. The summed E-state index contributed by atoms with van der Waals surface area (Å²) in [5, 5.41) is 2.79. The number of nitrogens with zero attached hydrogens (tertiary/aromatic N) is 2. The van der Waals surface area contributed by atoms with Gasteiger partial charge in [-0.1, -0.05) is 11.3 Å². The van der Waals surface area contributed by atoms with Crippen LogP contribution in [0.4, 0.5) is 10.1 Å². The van der Waals surface area contributed by atoms with Crippen LogP contribution in [-0.4, -0.2) is 22.4 Å². The van der Waals surface area contributed by atoms with Crippen molar-refractivity contribution in [1.82, 2.24) is 9.38 Å². The number of fused-ring (bicyclic) bond motifs is 1. The van der Waals surface area contributed by atoms with Crippen molar-refractivity contribution in [2.24, 2.45) is 0 Å². The molecule has 0 fully saturated rings. The predicted octanol–water partition coefficient (Wildman–Crippen LogP) is 4.77. The summed E-state index contributed by atoms with van der Waals surface area (Å²) in [5.41, 5.74) is 3.16. The van der Waals surface area contributed by atoms with Gasteiger partial charge in [0.15, 0.2) is 4.96 Å². The second kappa shape index (κ2) is 6.85. The molecule has 0 spiro atoms. The number of hydrogen-bond donors (Lipinski definition) is 1. The van der Waals surface area contributed by atoms with Gasteiger partial charge in [-0.15, -0.1) is 0 Å². The molecule has 2 heterocycles. The van der Waals surface area contributed by atoms with Gasteiger partial charge in [-0.25, -0.2) is 9.37 Å². The number of imidazole rings is 1. The molecule has 0 saturated carbocycles. The van der Waals surface area contributed by atoms with Gasteiger partial charge >= 0.3 is 0 Å². The number of amides is 1. The standard InChI is InChI=1S/C20H16FN3O2S/c1-12-18(19(25)22-15-7-5-14(21)6-8-15)27-20-23-17(11-24(12)20)13-3-9-16(26-2)10-4-13/h3-11H,1-2H3,(H,22,25). The first kappa shape index (κ1) is 17.2. The second-order valence-electron chi connectivity index (χ2n) is 5.98. The molecule has 4 aromatic rings. The molecule has 1 N–H and O–H groups in total. The fourth-order valence-corrected chi connectivity index (χ4v) is 3.79. The molecule has 27 heavy (non-hydrogen) atoms. The van der Waals surface area contributed by atoms with Crippen LogP contribution in [-0.2, 0) is 0 Å². The van der Waals surface area contributed by atoms with E-state index < -0.39 is 0 Å². The van der Waals surface area contributed by atoms with Crippen molar-refractivity contribution in [2.45, 2.75) is 6.92 Å². The summed E-state index contributed by atoms with van der Waals surface area (Å²) in [4.78, 5) is 18.5. The molecule has 4 rings (SSSR count). The Labute approximate surface area is 159 Å². The van der Waals surface area contributed by atoms with Gasteiger partial charge in [-0.2, -0.15) is 0 Å². The molecular weight excluding hydrogens is 365 g/mol. The Balaban J connectivity index is 1.61. The van der Waals surface area contributed by atoms with Crippen LogP contribution in [0.5, 0.6) is 5.75 Å². The molecule has 2 aromatic heterocycles. The normalized spacial score (nSPS) is 10.9. The van der Waals surface area contributed by atoms with Crippen molar-refractivity contribution in [3.63, 3.8) is 0 Å². The van der Waals surface area contributed by atoms with E-state index >= 15 is 0 Å². The molecule has 2 aromatic carbocycles. The van der Waals surface area contributed by atoms with Gasteiger partial charge in [-0.05, 0) is 55.5 Å². The van der Waals surface area contributed by atoms with Crippen LogP contribution in [0, 0.1) is 12.7 Å². The molecule has 0 saturated heterocycles. The average Bonchev–Trinajstić information content (AvgIpc) is 3.23. The van der Waals surface area contributed by atoms with Gasteiger partial charge < -0.3 is 10.1 Å². The van der Waals surface area contributed by atoms with Crippen molar-refractivity contribution < 1.29 is 13.9 Å². The molecular formula is C20H16FN3O2S. The van der Waals surface area contributed by atoms with E-state index in [2.05, 4.69) is 10.3 Å². The number of rotatable bonds is 4. The van der Waals surface area contributed by atoms with Gasteiger partial charge in [0.25, 0.3) is 5.91 Å². The van der Waals surface area contributed by atoms with E-state index in [1.807, 2.05) is 41.8 Å². The van der Waals surface area contributed by atoms with Crippen molar-refractivity contribution in [3.05, 3.63) is 71.1 Å². The number of carbonyl (C=O) groups excluding carboxylic acids is 1. The lowest BCUT2D eigenvalue weighted by Crippen LogP contribution is -2.11. The number of hydrogen-bond acceptors (Lipinski definition) is 4. The molecule has 0 aliphatic rings. The van der Waals surface area contributed by atoms with Gasteiger partial charge in [0.1, 0.15) is 16.4 Å². The fourth-order valence-electron chi connectivity index (χ4n) is 2.78. The minimum atomic E-state index is -0.343. The van der Waals surface area contributed by atoms with Crippen LogP contribution < -0.4 is 10.1 Å². The van der Waals surface area contributed by atoms with Crippen molar-refractivity contribution >= 4 is 27.9 Å². The molecule has 0 aliphatic heterocycles. The second-order valence-corrected chi connectivity index (χ2v) is 6.96. The number of ether oxygens (including phenoxy) is 1. The minimum absolute atomic E-state index is 0.236. The van der Waals surface area contributed by atoms with E-state index in [4.69, 9.17) is 4.74 Å². The Morgan fingerprint density at radius 2 is 1.85 bits per heavy atom. The summed E-state index contributed by atoms with van der Waals surface area (Å²) in [7, 11) is 1.63. The van der Waals surface area contributed by atoms with E-state index in [0.717, 1.165) is 27.7 Å². The highest BCUT2D eigenvalue weighted by Crippen LogP contribution is 2.28. The molecule has 1 amide bonds. The van der Waals surface area contributed by atoms with Crippen molar-refractivity contribution in [3.8, 4) is 17.0 Å². The van der Waals surface area contributed by atoms with Crippen LogP contribution in [0.3, 0.4) is 0 Å². The number of carbonyl (C=O) groups is 1. The summed E-state index contributed by atoms with van der Waals surface area (Å²) in [6, 6.07) is 13.3. The Kier molecular flexibility index (Phi) is 4.37. The van der Waals surface area contributed by atoms with Gasteiger partial charge in [0, 0.05) is 23.1 Å². The lowest BCUT2D eigenvalue weighted by Gasteiger charge is -2.04. The molecule has 0 aliphatic carbocycles. The molecule has 136 valence electrons. The van der Waals surface area contributed by atoms with Crippen LogP contribution in [0.15, 0.2) is 54.7 Å². The molecule has 0 bridgehead atoms. The third-order valence-corrected chi connectivity index (χ3v) is 5.41. The Bertz CT molecular complexity index is 1110. The molecule has 5 nitrogen and oxygen atoms in total. The van der Waals surface area contributed by atoms with E-state index in [1.54, 1.807) is 7.11 Å². The summed E-state index contributed by atoms with van der Waals surface area (Å²) < 4.78 is 20.1. The number of benzene rings is 2. The Morgan fingerprint density at radius 1 is 1.15 bits per heavy atom. The number of aromatic nitrogens is 2. The number of anilines is 1. The third-order valence-electron chi connectivity index (χ3n) is 4.25. The zero-order valence-electron chi connectivity index (χ0n) is 14.7. The Hall–Kier alpha value is -3.19. The zero-order chi connectivity index (χ0) is 19.0. The van der Waals surface area contributed by atoms with Crippen LogP contribution in [0.2, 0.25) is 0 Å². The number of halogens is 1. The fraction of sp³-hybridized carbons (Fsp3) is 0.100. The number of thiazole rings is 1. The van der Waals surface area contributed by atoms with Crippen LogP contribution in [0.25, 0.3) is 16.2 Å². The summed E-state index contributed by atoms with van der Waals surface area (Å²) in [6.45, 7) is 1.88. The first-order valence-electron chi connectivity index (χ1n) is 8.25. The molecule has 7 heteroatoms. The minimum Gasteiger partial charge on any atom is -0.497 e. The topological polar surface area (TPSA) is 55.6 Å². The highest BCUT2D eigenvalue weighted by atomic mass is 32.1. The number of aryl methyl sites for hydroxylation is 1. The SMILES string of the molecule is COc1ccc(-c2cn3c(C)c(C(=O)Nc4ccc(F)cc4)sc3n2)cc1. The molecule has 0 radical (unpaired) electrons. The predicted molar refractivity (Wildman–Crippen MR) is 104 cm³/mol. The lowest BCUT2D eigenvalue weighted by atomic mass is 10.2. The maximum absolute atomic E-state index is 13.0. The summed E-state index contributed by atoms with van der Waals surface area (Å²) in [5.74, 6) is 0.209. The average molecular weight is 381 g/mol. The third kappa shape index (κ3) is 3.29. The summed E-state index contributed by atoms with van der Waals surface area (Å²) in [6.07, 6.45) is 1.91. The smallest absolute Gasteiger partial charge is 0.267 e. The highest BCUT2D eigenvalue weighted by molar-refractivity contribution is 7.19. The van der Waals surface area contributed by atoms with Crippen molar-refractivity contribution in [1.29, 1.82) is 0 Å². The largest absolute Gasteiger partial charge is 0.497 e. The number of nitrogens with one attached hydrogen (secondary N) is 1. The summed E-state index contributed by atoms with van der Waals surface area (Å²) >= 11 is 1.32.